The van der Waals surface area contributed by atoms with Crippen LogP contribution in [0.2, 0.25) is 0 Å². The molecule has 0 unspecified atom stereocenters. The zero-order valence-corrected chi connectivity index (χ0v) is 11.6. The molecule has 0 saturated heterocycles. The molecule has 0 fully saturated rings. The Bertz CT molecular complexity index is 993. The zero-order chi connectivity index (χ0) is 13.7. The van der Waals surface area contributed by atoms with Crippen LogP contribution in [0.4, 0.5) is 0 Å². The molecule has 0 atom stereocenters. The molecule has 1 N–H and O–H groups in total. The number of fused-ring (bicyclic) bond motifs is 3. The van der Waals surface area contributed by atoms with Crippen molar-refractivity contribution in [1.82, 2.24) is 14.6 Å². The van der Waals surface area contributed by atoms with E-state index in [0.29, 0.717) is 5.65 Å². The van der Waals surface area contributed by atoms with E-state index in [4.69, 9.17) is 0 Å². The predicted molar refractivity (Wildman–Crippen MR) is 81.4 cm³/mol. The molecule has 3 heterocycles. The van der Waals surface area contributed by atoms with E-state index >= 15 is 0 Å². The highest BCUT2D eigenvalue weighted by Crippen LogP contribution is 2.30. The molecule has 98 valence electrons. The molecule has 0 saturated carbocycles. The summed E-state index contributed by atoms with van der Waals surface area (Å²) in [6.45, 7) is 2.11. The molecule has 0 aliphatic rings. The number of nitrogens with zero attached hydrogens (tertiary/aromatic N) is 2. The Morgan fingerprint density at radius 3 is 2.95 bits per heavy atom. The lowest BCUT2D eigenvalue weighted by atomic mass is 10.0. The zero-order valence-electron chi connectivity index (χ0n) is 10.8. The summed E-state index contributed by atoms with van der Waals surface area (Å²) in [6, 6.07) is 8.21. The number of aryl methyl sites for hydroxylation is 1. The third kappa shape index (κ3) is 1.53. The van der Waals surface area contributed by atoms with E-state index in [9.17, 15) is 4.79 Å². The van der Waals surface area contributed by atoms with Crippen LogP contribution in [0.15, 0.2) is 46.0 Å². The lowest BCUT2D eigenvalue weighted by Gasteiger charge is -2.04. The molecule has 5 heteroatoms. The summed E-state index contributed by atoms with van der Waals surface area (Å²) in [7, 11) is 0. The summed E-state index contributed by atoms with van der Waals surface area (Å²) in [5.41, 5.74) is 4.11. The summed E-state index contributed by atoms with van der Waals surface area (Å²) in [5, 5.41) is 13.0. The van der Waals surface area contributed by atoms with Crippen LogP contribution in [0.25, 0.3) is 27.5 Å². The second-order valence-corrected chi connectivity index (χ2v) is 5.55. The molecule has 0 bridgehead atoms. The summed E-state index contributed by atoms with van der Waals surface area (Å²) in [5.74, 6) is 0. The van der Waals surface area contributed by atoms with Gasteiger partial charge in [-0.25, -0.2) is 14.3 Å². The van der Waals surface area contributed by atoms with Gasteiger partial charge in [0.15, 0.2) is 5.65 Å². The molecule has 0 aliphatic carbocycles. The fraction of sp³-hybridized carbons (Fsp3) is 0.0667. The Morgan fingerprint density at radius 2 is 2.15 bits per heavy atom. The molecule has 3 aromatic heterocycles. The molecule has 0 aliphatic heterocycles. The van der Waals surface area contributed by atoms with Crippen LogP contribution < -0.4 is 5.69 Å². The van der Waals surface area contributed by atoms with E-state index in [2.05, 4.69) is 46.1 Å². The Labute approximate surface area is 118 Å². The van der Waals surface area contributed by atoms with Gasteiger partial charge in [-0.3, -0.25) is 0 Å². The van der Waals surface area contributed by atoms with Crippen molar-refractivity contribution in [3.05, 3.63) is 57.3 Å². The van der Waals surface area contributed by atoms with E-state index < -0.39 is 0 Å². The van der Waals surface area contributed by atoms with Crippen molar-refractivity contribution in [3.8, 4) is 11.1 Å². The lowest BCUT2D eigenvalue weighted by molar-refractivity contribution is 1.02. The largest absolute Gasteiger partial charge is 0.347 e. The number of pyridine rings is 1. The number of H-pyrrole nitrogens is 1. The van der Waals surface area contributed by atoms with Gasteiger partial charge in [0.25, 0.3) is 0 Å². The van der Waals surface area contributed by atoms with Crippen LogP contribution in [0.3, 0.4) is 0 Å². The van der Waals surface area contributed by atoms with Crippen LogP contribution in [-0.2, 0) is 0 Å². The highest BCUT2D eigenvalue weighted by atomic mass is 32.1. The Hall–Kier alpha value is -2.40. The van der Waals surface area contributed by atoms with Gasteiger partial charge >= 0.3 is 5.69 Å². The van der Waals surface area contributed by atoms with Gasteiger partial charge in [-0.2, -0.15) is 16.4 Å². The second-order valence-electron chi connectivity index (χ2n) is 4.81. The third-order valence-corrected chi connectivity index (χ3v) is 4.43. The van der Waals surface area contributed by atoms with Crippen molar-refractivity contribution >= 4 is 27.8 Å². The maximum Gasteiger partial charge on any atom is 0.347 e. The minimum Gasteiger partial charge on any atom is -0.250 e. The maximum absolute atomic E-state index is 11.6. The number of aromatic nitrogens is 3. The smallest absolute Gasteiger partial charge is 0.250 e. The van der Waals surface area contributed by atoms with Crippen LogP contribution in [0, 0.1) is 6.92 Å². The van der Waals surface area contributed by atoms with E-state index in [0.717, 1.165) is 16.3 Å². The fourth-order valence-electron chi connectivity index (χ4n) is 2.51. The monoisotopic (exact) mass is 281 g/mol. The molecular formula is C15H11N3OS. The first-order chi connectivity index (χ1) is 9.74. The topological polar surface area (TPSA) is 50.2 Å². The Balaban J connectivity index is 2.09. The SMILES string of the molecule is Cc1cscc1-c1ccc2ccn3c(=O)[nH]nc3c2c1. The number of hydrogen-bond acceptors (Lipinski definition) is 3. The first-order valence-corrected chi connectivity index (χ1v) is 7.21. The summed E-state index contributed by atoms with van der Waals surface area (Å²) >= 11 is 1.70. The minimum atomic E-state index is -0.209. The first-order valence-electron chi connectivity index (χ1n) is 6.27. The van der Waals surface area contributed by atoms with Crippen molar-refractivity contribution in [1.29, 1.82) is 0 Å². The lowest BCUT2D eigenvalue weighted by Crippen LogP contribution is -2.08. The summed E-state index contributed by atoms with van der Waals surface area (Å²) in [4.78, 5) is 11.6. The van der Waals surface area contributed by atoms with Gasteiger partial charge in [-0.05, 0) is 51.9 Å². The first kappa shape index (κ1) is 11.4. The molecular weight excluding hydrogens is 270 g/mol. The van der Waals surface area contributed by atoms with Gasteiger partial charge in [-0.15, -0.1) is 0 Å². The van der Waals surface area contributed by atoms with Crippen LogP contribution >= 0.6 is 11.3 Å². The van der Waals surface area contributed by atoms with Crippen LogP contribution in [0.5, 0.6) is 0 Å². The van der Waals surface area contributed by atoms with Gasteiger partial charge in [0.1, 0.15) is 0 Å². The molecule has 4 rings (SSSR count). The number of hydrogen-bond donors (Lipinski definition) is 1. The molecule has 1 aromatic carbocycles. The summed E-state index contributed by atoms with van der Waals surface area (Å²) in [6.07, 6.45) is 1.75. The molecule has 4 aromatic rings. The number of benzene rings is 1. The standard InChI is InChI=1S/C15H11N3OS/c1-9-7-20-8-13(9)11-3-2-10-4-5-18-14(12(10)6-11)16-17-15(18)19/h2-8H,1H3,(H,17,19). The van der Waals surface area contributed by atoms with Gasteiger partial charge in [0, 0.05) is 11.6 Å². The van der Waals surface area contributed by atoms with Gasteiger partial charge in [0.05, 0.1) is 0 Å². The average molecular weight is 281 g/mol. The van der Waals surface area contributed by atoms with E-state index in [1.165, 1.54) is 15.5 Å². The highest BCUT2D eigenvalue weighted by Gasteiger charge is 2.08. The average Bonchev–Trinajstić information content (AvgIpc) is 3.05. The van der Waals surface area contributed by atoms with Gasteiger partial charge in [-0.1, -0.05) is 12.1 Å². The third-order valence-electron chi connectivity index (χ3n) is 3.57. The Morgan fingerprint density at radius 1 is 1.25 bits per heavy atom. The number of aromatic amines is 1. The minimum absolute atomic E-state index is 0.209. The van der Waals surface area contributed by atoms with E-state index in [1.54, 1.807) is 17.5 Å². The summed E-state index contributed by atoms with van der Waals surface area (Å²) < 4.78 is 1.53. The van der Waals surface area contributed by atoms with Crippen molar-refractivity contribution in [2.24, 2.45) is 0 Å². The van der Waals surface area contributed by atoms with Gasteiger partial charge < -0.3 is 0 Å². The number of rotatable bonds is 1. The molecule has 20 heavy (non-hydrogen) atoms. The predicted octanol–water partition coefficient (Wildman–Crippen LogP) is 3.21. The van der Waals surface area contributed by atoms with E-state index in [1.807, 2.05) is 6.07 Å². The van der Waals surface area contributed by atoms with Crippen LogP contribution in [-0.4, -0.2) is 14.6 Å². The second kappa shape index (κ2) is 4.05. The van der Waals surface area contributed by atoms with Crippen molar-refractivity contribution < 1.29 is 0 Å². The molecule has 4 nitrogen and oxygen atoms in total. The molecule has 0 spiro atoms. The maximum atomic E-state index is 11.6. The molecule has 0 amide bonds. The molecule has 0 radical (unpaired) electrons. The Kier molecular flexibility index (Phi) is 2.31. The van der Waals surface area contributed by atoms with Crippen molar-refractivity contribution in [2.45, 2.75) is 6.92 Å². The van der Waals surface area contributed by atoms with Gasteiger partial charge in [0.2, 0.25) is 0 Å². The highest BCUT2D eigenvalue weighted by molar-refractivity contribution is 7.08. The van der Waals surface area contributed by atoms with Crippen molar-refractivity contribution in [3.63, 3.8) is 0 Å². The normalized spacial score (nSPS) is 11.4. The quantitative estimate of drug-likeness (QED) is 0.582. The fourth-order valence-corrected chi connectivity index (χ4v) is 3.36. The number of nitrogens with one attached hydrogen (secondary N) is 1. The van der Waals surface area contributed by atoms with Crippen molar-refractivity contribution in [2.75, 3.05) is 0 Å². The van der Waals surface area contributed by atoms with Crippen LogP contribution in [0.1, 0.15) is 5.56 Å². The van der Waals surface area contributed by atoms with E-state index in [-0.39, 0.29) is 5.69 Å². The number of thiophene rings is 1.